The second kappa shape index (κ2) is 7.09. The number of rotatable bonds is 5. The molecule has 0 saturated heterocycles. The van der Waals surface area contributed by atoms with Crippen LogP contribution in [0.1, 0.15) is 18.9 Å². The second-order valence-electron chi connectivity index (χ2n) is 4.46. The summed E-state index contributed by atoms with van der Waals surface area (Å²) in [6.07, 6.45) is 1.13. The molecule has 0 amide bonds. The van der Waals surface area contributed by atoms with Crippen molar-refractivity contribution in [1.29, 1.82) is 0 Å². The average Bonchev–Trinajstić information content (AvgIpc) is 2.40. The van der Waals surface area contributed by atoms with Crippen LogP contribution in [-0.2, 0) is 6.54 Å². The van der Waals surface area contributed by atoms with Crippen molar-refractivity contribution in [2.75, 3.05) is 6.54 Å². The lowest BCUT2D eigenvalue weighted by atomic mass is 9.99. The summed E-state index contributed by atoms with van der Waals surface area (Å²) in [5.74, 6) is 0. The van der Waals surface area contributed by atoms with Gasteiger partial charge in [-0.3, -0.25) is 0 Å². The number of nitrogens with one attached hydrogen (secondary N) is 1. The summed E-state index contributed by atoms with van der Waals surface area (Å²) in [6, 6.07) is 14.3. The average molecular weight is 339 g/mol. The topological polar surface area (TPSA) is 12.0 Å². The molecule has 0 spiro atoms. The second-order valence-corrected chi connectivity index (χ2v) is 5.75. The van der Waals surface area contributed by atoms with Crippen LogP contribution in [0.2, 0.25) is 5.02 Å². The van der Waals surface area contributed by atoms with Crippen LogP contribution in [0.4, 0.5) is 0 Å². The van der Waals surface area contributed by atoms with Crippen molar-refractivity contribution in [3.8, 4) is 11.1 Å². The van der Waals surface area contributed by atoms with E-state index in [4.69, 9.17) is 11.6 Å². The Labute approximate surface area is 128 Å². The van der Waals surface area contributed by atoms with Crippen LogP contribution in [-0.4, -0.2) is 6.54 Å². The zero-order chi connectivity index (χ0) is 13.7. The molecule has 3 heteroatoms. The largest absolute Gasteiger partial charge is 0.313 e. The molecule has 0 fully saturated rings. The van der Waals surface area contributed by atoms with Crippen molar-refractivity contribution in [1.82, 2.24) is 5.32 Å². The van der Waals surface area contributed by atoms with Gasteiger partial charge < -0.3 is 5.32 Å². The normalized spacial score (nSPS) is 10.7. The Balaban J connectivity index is 2.36. The van der Waals surface area contributed by atoms with Crippen LogP contribution in [0.15, 0.2) is 46.9 Å². The number of hydrogen-bond acceptors (Lipinski definition) is 1. The molecule has 2 aromatic carbocycles. The predicted molar refractivity (Wildman–Crippen MR) is 86.6 cm³/mol. The maximum absolute atomic E-state index is 6.12. The Bertz CT molecular complexity index is 554. The van der Waals surface area contributed by atoms with Crippen molar-refractivity contribution in [3.63, 3.8) is 0 Å². The summed E-state index contributed by atoms with van der Waals surface area (Å²) in [4.78, 5) is 0. The molecule has 0 heterocycles. The molecule has 0 unspecified atom stereocenters. The predicted octanol–water partition coefficient (Wildman–Crippen LogP) is 5.27. The van der Waals surface area contributed by atoms with Gasteiger partial charge in [0.2, 0.25) is 0 Å². The van der Waals surface area contributed by atoms with E-state index in [0.29, 0.717) is 0 Å². The lowest BCUT2D eigenvalue weighted by Crippen LogP contribution is -2.14. The Morgan fingerprint density at radius 3 is 2.63 bits per heavy atom. The minimum absolute atomic E-state index is 0.782. The Kier molecular flexibility index (Phi) is 5.44. The van der Waals surface area contributed by atoms with Gasteiger partial charge >= 0.3 is 0 Å². The van der Waals surface area contributed by atoms with Crippen LogP contribution in [0, 0.1) is 0 Å². The van der Waals surface area contributed by atoms with Crippen molar-refractivity contribution < 1.29 is 0 Å². The first-order valence-electron chi connectivity index (χ1n) is 6.46. The summed E-state index contributed by atoms with van der Waals surface area (Å²) in [6.45, 7) is 4.02. The molecule has 0 aromatic heterocycles. The molecule has 0 aliphatic rings. The monoisotopic (exact) mass is 337 g/mol. The molecule has 1 nitrogen and oxygen atoms in total. The summed E-state index contributed by atoms with van der Waals surface area (Å²) in [5, 5.41) is 4.22. The van der Waals surface area contributed by atoms with Gasteiger partial charge in [0.15, 0.2) is 0 Å². The van der Waals surface area contributed by atoms with Gasteiger partial charge in [0.05, 0.1) is 0 Å². The van der Waals surface area contributed by atoms with Gasteiger partial charge in [-0.25, -0.2) is 0 Å². The summed E-state index contributed by atoms with van der Waals surface area (Å²) in [7, 11) is 0. The number of benzene rings is 2. The molecule has 1 N–H and O–H groups in total. The van der Waals surface area contributed by atoms with E-state index in [1.54, 1.807) is 0 Å². The highest BCUT2D eigenvalue weighted by Crippen LogP contribution is 2.32. The summed E-state index contributed by atoms with van der Waals surface area (Å²) in [5.41, 5.74) is 3.65. The summed E-state index contributed by atoms with van der Waals surface area (Å²) < 4.78 is 1.11. The zero-order valence-electron chi connectivity index (χ0n) is 10.9. The third kappa shape index (κ3) is 3.82. The van der Waals surface area contributed by atoms with Gasteiger partial charge in [-0.1, -0.05) is 58.7 Å². The lowest BCUT2D eigenvalue weighted by Gasteiger charge is -2.12. The molecule has 0 bridgehead atoms. The van der Waals surface area contributed by atoms with E-state index in [0.717, 1.165) is 29.0 Å². The highest BCUT2D eigenvalue weighted by atomic mass is 79.9. The highest BCUT2D eigenvalue weighted by Gasteiger charge is 2.08. The fourth-order valence-electron chi connectivity index (χ4n) is 2.05. The van der Waals surface area contributed by atoms with E-state index in [1.807, 2.05) is 18.2 Å². The van der Waals surface area contributed by atoms with Crippen LogP contribution in [0.25, 0.3) is 11.1 Å². The lowest BCUT2D eigenvalue weighted by molar-refractivity contribution is 0.676. The molecule has 0 saturated carbocycles. The third-order valence-electron chi connectivity index (χ3n) is 2.97. The molecule has 2 aromatic rings. The minimum Gasteiger partial charge on any atom is -0.313 e. The molecule has 0 atom stereocenters. The van der Waals surface area contributed by atoms with Crippen LogP contribution < -0.4 is 5.32 Å². The molecule has 0 aliphatic carbocycles. The van der Waals surface area contributed by atoms with E-state index in [1.165, 1.54) is 16.7 Å². The Hall–Kier alpha value is -0.830. The van der Waals surface area contributed by atoms with Gasteiger partial charge in [-0.05, 0) is 47.9 Å². The maximum Gasteiger partial charge on any atom is 0.0409 e. The molecule has 0 aliphatic heterocycles. The van der Waals surface area contributed by atoms with Crippen molar-refractivity contribution in [2.24, 2.45) is 0 Å². The molecule has 2 rings (SSSR count). The van der Waals surface area contributed by atoms with Crippen molar-refractivity contribution >= 4 is 27.5 Å². The first kappa shape index (κ1) is 14.6. The fourth-order valence-corrected chi connectivity index (χ4v) is 2.74. The summed E-state index contributed by atoms with van der Waals surface area (Å²) >= 11 is 9.73. The molecular weight excluding hydrogens is 322 g/mol. The molecule has 100 valence electrons. The maximum atomic E-state index is 6.12. The van der Waals surface area contributed by atoms with Crippen LogP contribution >= 0.6 is 27.5 Å². The third-order valence-corrected chi connectivity index (χ3v) is 3.90. The van der Waals surface area contributed by atoms with Crippen LogP contribution in [0.5, 0.6) is 0 Å². The quantitative estimate of drug-likeness (QED) is 0.732. The van der Waals surface area contributed by atoms with Gasteiger partial charge in [0.1, 0.15) is 0 Å². The van der Waals surface area contributed by atoms with Gasteiger partial charge in [0, 0.05) is 16.0 Å². The highest BCUT2D eigenvalue weighted by molar-refractivity contribution is 9.10. The van der Waals surface area contributed by atoms with E-state index >= 15 is 0 Å². The number of halogens is 2. The zero-order valence-corrected chi connectivity index (χ0v) is 13.3. The van der Waals surface area contributed by atoms with E-state index < -0.39 is 0 Å². The van der Waals surface area contributed by atoms with Gasteiger partial charge in [0.25, 0.3) is 0 Å². The SMILES string of the molecule is CCCNCc1cc(Cl)ccc1-c1ccccc1Br. The smallest absolute Gasteiger partial charge is 0.0409 e. The van der Waals surface area contributed by atoms with Gasteiger partial charge in [-0.2, -0.15) is 0 Å². The van der Waals surface area contributed by atoms with E-state index in [2.05, 4.69) is 52.4 Å². The van der Waals surface area contributed by atoms with Crippen molar-refractivity contribution in [3.05, 3.63) is 57.5 Å². The van der Waals surface area contributed by atoms with E-state index in [-0.39, 0.29) is 0 Å². The Morgan fingerprint density at radius 1 is 1.11 bits per heavy atom. The van der Waals surface area contributed by atoms with E-state index in [9.17, 15) is 0 Å². The molecule has 0 radical (unpaired) electrons. The first-order valence-corrected chi connectivity index (χ1v) is 7.63. The first-order chi connectivity index (χ1) is 9.22. The Morgan fingerprint density at radius 2 is 1.89 bits per heavy atom. The van der Waals surface area contributed by atoms with Gasteiger partial charge in [-0.15, -0.1) is 0 Å². The van der Waals surface area contributed by atoms with Crippen molar-refractivity contribution in [2.45, 2.75) is 19.9 Å². The fraction of sp³-hybridized carbons (Fsp3) is 0.250. The number of hydrogen-bond donors (Lipinski definition) is 1. The molecular formula is C16H17BrClN. The molecule has 19 heavy (non-hydrogen) atoms. The standard InChI is InChI=1S/C16H17BrClN/c1-2-9-19-11-12-10-13(18)7-8-14(12)15-5-3-4-6-16(15)17/h3-8,10,19H,2,9,11H2,1H3. The minimum atomic E-state index is 0.782. The van der Waals surface area contributed by atoms with Crippen LogP contribution in [0.3, 0.4) is 0 Å².